The number of hydrogen-bond acceptors (Lipinski definition) is 5. The predicted molar refractivity (Wildman–Crippen MR) is 74.8 cm³/mol. The minimum Gasteiger partial charge on any atom is -0.465 e. The summed E-state index contributed by atoms with van der Waals surface area (Å²) in [6.07, 6.45) is -4.73. The molecule has 2 rings (SSSR count). The Morgan fingerprint density at radius 2 is 2.04 bits per heavy atom. The fourth-order valence-electron chi connectivity index (χ4n) is 1.86. The van der Waals surface area contributed by atoms with Gasteiger partial charge >= 0.3 is 12.1 Å². The number of aromatic nitrogens is 2. The number of esters is 1. The molecule has 0 aliphatic carbocycles. The highest BCUT2D eigenvalue weighted by atomic mass is 32.2. The number of ether oxygens (including phenoxy) is 1. The third kappa shape index (κ3) is 3.32. The van der Waals surface area contributed by atoms with Crippen molar-refractivity contribution in [3.05, 3.63) is 41.1 Å². The van der Waals surface area contributed by atoms with Crippen molar-refractivity contribution >= 4 is 17.7 Å². The molecule has 1 aromatic heterocycles. The minimum atomic E-state index is -4.73. The Labute approximate surface area is 133 Å². The number of alkyl halides is 3. The second-order valence-electron chi connectivity index (χ2n) is 4.35. The maximum atomic E-state index is 12.9. The maximum Gasteiger partial charge on any atom is 0.436 e. The molecule has 0 N–H and O–H groups in total. The van der Waals surface area contributed by atoms with E-state index in [1.54, 1.807) is 18.2 Å². The molecule has 9 heteroatoms. The van der Waals surface area contributed by atoms with Crippen LogP contribution in [0.4, 0.5) is 13.2 Å². The summed E-state index contributed by atoms with van der Waals surface area (Å²) in [7, 11) is 2.51. The minimum absolute atomic E-state index is 0.00354. The second kappa shape index (κ2) is 6.34. The molecule has 0 aliphatic rings. The van der Waals surface area contributed by atoms with Crippen LogP contribution in [0.25, 0.3) is 0 Å². The van der Waals surface area contributed by atoms with Gasteiger partial charge in [-0.15, -0.1) is 0 Å². The number of methoxy groups -OCH3 is 1. The van der Waals surface area contributed by atoms with Crippen LogP contribution in [0, 0.1) is 11.3 Å². The van der Waals surface area contributed by atoms with E-state index in [1.807, 2.05) is 0 Å². The van der Waals surface area contributed by atoms with Gasteiger partial charge in [0.05, 0.1) is 12.7 Å². The predicted octanol–water partition coefficient (Wildman–Crippen LogP) is 3.25. The molecular formula is C14H10F3N3O2S. The SMILES string of the molecule is COC(=O)c1ccccc1Sc1c(C#N)c(C(F)(F)F)nn1C. The summed E-state index contributed by atoms with van der Waals surface area (Å²) in [6.45, 7) is 0. The fourth-order valence-corrected chi connectivity index (χ4v) is 2.90. The zero-order valence-electron chi connectivity index (χ0n) is 12.0. The molecule has 1 aromatic carbocycles. The monoisotopic (exact) mass is 341 g/mol. The van der Waals surface area contributed by atoms with Crippen LogP contribution < -0.4 is 0 Å². The van der Waals surface area contributed by atoms with Crippen molar-refractivity contribution in [1.29, 1.82) is 5.26 Å². The zero-order valence-corrected chi connectivity index (χ0v) is 12.8. The van der Waals surface area contributed by atoms with E-state index in [1.165, 1.54) is 26.3 Å². The summed E-state index contributed by atoms with van der Waals surface area (Å²) in [5.74, 6) is -0.621. The van der Waals surface area contributed by atoms with Gasteiger partial charge in [-0.25, -0.2) is 4.79 Å². The Bertz CT molecular complexity index is 794. The number of nitriles is 1. The van der Waals surface area contributed by atoms with Crippen LogP contribution in [0.3, 0.4) is 0 Å². The summed E-state index contributed by atoms with van der Waals surface area (Å²) in [4.78, 5) is 12.1. The molecule has 0 saturated heterocycles. The molecule has 0 spiro atoms. The first-order valence-electron chi connectivity index (χ1n) is 6.19. The average Bonchev–Trinajstić information content (AvgIpc) is 2.83. The largest absolute Gasteiger partial charge is 0.465 e. The Morgan fingerprint density at radius 3 is 2.61 bits per heavy atom. The molecule has 120 valence electrons. The zero-order chi connectivity index (χ0) is 17.2. The first-order chi connectivity index (χ1) is 10.8. The van der Waals surface area contributed by atoms with E-state index in [-0.39, 0.29) is 10.6 Å². The highest BCUT2D eigenvalue weighted by Crippen LogP contribution is 2.38. The Balaban J connectivity index is 2.53. The van der Waals surface area contributed by atoms with Gasteiger partial charge in [0.25, 0.3) is 0 Å². The molecular weight excluding hydrogens is 331 g/mol. The van der Waals surface area contributed by atoms with Crippen LogP contribution in [0.15, 0.2) is 34.2 Å². The van der Waals surface area contributed by atoms with Gasteiger partial charge in [0, 0.05) is 11.9 Å². The summed E-state index contributed by atoms with van der Waals surface area (Å²) in [6, 6.07) is 7.81. The lowest BCUT2D eigenvalue weighted by atomic mass is 10.2. The Morgan fingerprint density at radius 1 is 1.39 bits per heavy atom. The lowest BCUT2D eigenvalue weighted by molar-refractivity contribution is -0.141. The Kier molecular flexibility index (Phi) is 4.65. The molecule has 5 nitrogen and oxygen atoms in total. The van der Waals surface area contributed by atoms with Crippen LogP contribution in [0.5, 0.6) is 0 Å². The van der Waals surface area contributed by atoms with Gasteiger partial charge in [-0.1, -0.05) is 23.9 Å². The number of carbonyl (C=O) groups excluding carboxylic acids is 1. The van der Waals surface area contributed by atoms with Crippen molar-refractivity contribution in [3.8, 4) is 6.07 Å². The van der Waals surface area contributed by atoms with E-state index in [0.29, 0.717) is 4.90 Å². The summed E-state index contributed by atoms with van der Waals surface area (Å²) >= 11 is 0.850. The molecule has 0 radical (unpaired) electrons. The summed E-state index contributed by atoms with van der Waals surface area (Å²) in [5.41, 5.74) is -1.64. The number of carbonyl (C=O) groups is 1. The number of rotatable bonds is 3. The molecule has 0 saturated carbocycles. The first-order valence-corrected chi connectivity index (χ1v) is 7.00. The molecule has 0 fully saturated rings. The Hall–Kier alpha value is -2.47. The van der Waals surface area contributed by atoms with E-state index in [4.69, 9.17) is 5.26 Å². The number of benzene rings is 1. The van der Waals surface area contributed by atoms with Gasteiger partial charge < -0.3 is 4.74 Å². The normalized spacial score (nSPS) is 11.1. The number of hydrogen-bond donors (Lipinski definition) is 0. The van der Waals surface area contributed by atoms with Gasteiger partial charge in [-0.2, -0.15) is 23.5 Å². The number of halogens is 3. The van der Waals surface area contributed by atoms with Crippen LogP contribution in [-0.2, 0) is 18.0 Å². The lowest BCUT2D eigenvalue weighted by Crippen LogP contribution is -2.08. The lowest BCUT2D eigenvalue weighted by Gasteiger charge is -2.07. The topological polar surface area (TPSA) is 67.9 Å². The van der Waals surface area contributed by atoms with Gasteiger partial charge in [0.1, 0.15) is 16.7 Å². The average molecular weight is 341 g/mol. The van der Waals surface area contributed by atoms with E-state index in [0.717, 1.165) is 16.4 Å². The van der Waals surface area contributed by atoms with Crippen molar-refractivity contribution < 1.29 is 22.7 Å². The van der Waals surface area contributed by atoms with E-state index in [2.05, 4.69) is 9.84 Å². The van der Waals surface area contributed by atoms with Gasteiger partial charge in [-0.05, 0) is 12.1 Å². The number of aryl methyl sites for hydroxylation is 1. The van der Waals surface area contributed by atoms with Gasteiger partial charge in [0.15, 0.2) is 5.69 Å². The third-order valence-electron chi connectivity index (χ3n) is 2.87. The fraction of sp³-hybridized carbons (Fsp3) is 0.214. The molecule has 0 bridgehead atoms. The van der Waals surface area contributed by atoms with Crippen LogP contribution in [-0.4, -0.2) is 22.9 Å². The van der Waals surface area contributed by atoms with Crippen LogP contribution in [0.1, 0.15) is 21.6 Å². The molecule has 0 unspecified atom stereocenters. The number of nitrogens with zero attached hydrogens (tertiary/aromatic N) is 3. The smallest absolute Gasteiger partial charge is 0.436 e. The van der Waals surface area contributed by atoms with E-state index < -0.39 is 23.4 Å². The maximum absolute atomic E-state index is 12.9. The van der Waals surface area contributed by atoms with Crippen molar-refractivity contribution in [1.82, 2.24) is 9.78 Å². The molecule has 0 amide bonds. The standard InChI is InChI=1S/C14H10F3N3O2S/c1-20-12(9(7-18)11(19-20)14(15,16)17)23-10-6-4-3-5-8(10)13(21)22-2/h3-6H,1-2H3. The highest BCUT2D eigenvalue weighted by Gasteiger charge is 2.39. The van der Waals surface area contributed by atoms with E-state index in [9.17, 15) is 18.0 Å². The van der Waals surface area contributed by atoms with Crippen molar-refractivity contribution in [2.24, 2.45) is 7.05 Å². The second-order valence-corrected chi connectivity index (χ2v) is 5.38. The third-order valence-corrected chi connectivity index (χ3v) is 4.11. The summed E-state index contributed by atoms with van der Waals surface area (Å²) in [5, 5.41) is 12.4. The van der Waals surface area contributed by atoms with E-state index >= 15 is 0 Å². The molecule has 2 aromatic rings. The highest BCUT2D eigenvalue weighted by molar-refractivity contribution is 7.99. The van der Waals surface area contributed by atoms with Crippen molar-refractivity contribution in [2.45, 2.75) is 16.1 Å². The molecule has 0 atom stereocenters. The van der Waals surface area contributed by atoms with Crippen LogP contribution >= 0.6 is 11.8 Å². The van der Waals surface area contributed by atoms with Crippen LogP contribution in [0.2, 0.25) is 0 Å². The van der Waals surface area contributed by atoms with Crippen molar-refractivity contribution in [2.75, 3.05) is 7.11 Å². The molecule has 0 aliphatic heterocycles. The quantitative estimate of drug-likeness (QED) is 0.802. The first kappa shape index (κ1) is 16.9. The summed E-state index contributed by atoms with van der Waals surface area (Å²) < 4.78 is 44.4. The van der Waals surface area contributed by atoms with Gasteiger partial charge in [-0.3, -0.25) is 4.68 Å². The molecule has 23 heavy (non-hydrogen) atoms. The molecule has 1 heterocycles. The van der Waals surface area contributed by atoms with Crippen molar-refractivity contribution in [3.63, 3.8) is 0 Å². The van der Waals surface area contributed by atoms with Gasteiger partial charge in [0.2, 0.25) is 0 Å².